The van der Waals surface area contributed by atoms with Gasteiger partial charge in [-0.2, -0.15) is 0 Å². The Bertz CT molecular complexity index is 628. The van der Waals surface area contributed by atoms with Crippen LogP contribution in [0.25, 0.3) is 6.08 Å². The molecule has 0 bridgehead atoms. The first-order valence-electron chi connectivity index (χ1n) is 8.40. The van der Waals surface area contributed by atoms with Gasteiger partial charge in [0.1, 0.15) is 0 Å². The molecule has 1 aromatic heterocycles. The molecule has 2 rings (SSSR count). The van der Waals surface area contributed by atoms with E-state index in [0.717, 1.165) is 11.0 Å². The predicted octanol–water partition coefficient (Wildman–Crippen LogP) is 2.03. The van der Waals surface area contributed by atoms with Gasteiger partial charge in [-0.25, -0.2) is 9.97 Å². The van der Waals surface area contributed by atoms with Gasteiger partial charge in [-0.1, -0.05) is 6.08 Å². The van der Waals surface area contributed by atoms with Crippen molar-refractivity contribution in [3.63, 3.8) is 0 Å². The zero-order chi connectivity index (χ0) is 18.7. The highest BCUT2D eigenvalue weighted by molar-refractivity contribution is 6.56. The molecule has 1 N–H and O–H groups in total. The molecule has 0 unspecified atom stereocenters. The fraction of sp³-hybridized carbons (Fsp3) is 0.588. The van der Waals surface area contributed by atoms with Gasteiger partial charge in [0.25, 0.3) is 0 Å². The highest BCUT2D eigenvalue weighted by Gasteiger charge is 2.52. The maximum atomic E-state index is 11.3. The lowest BCUT2D eigenvalue weighted by Crippen LogP contribution is -2.41. The van der Waals surface area contributed by atoms with Crippen LogP contribution in [0.15, 0.2) is 17.9 Å². The molecule has 0 aromatic carbocycles. The van der Waals surface area contributed by atoms with Crippen molar-refractivity contribution in [3.8, 4) is 6.01 Å². The third-order valence-electron chi connectivity index (χ3n) is 4.37. The Labute approximate surface area is 149 Å². The summed E-state index contributed by atoms with van der Waals surface area (Å²) >= 11 is 0. The minimum atomic E-state index is -0.552. The SMILES string of the molecule is CCOc1ncc(C=C(CNC(C)=O)B2OC(C)(C)C(C)(C)O2)cn1. The zero-order valence-corrected chi connectivity index (χ0v) is 15.8. The maximum Gasteiger partial charge on any atom is 0.492 e. The molecule has 8 heteroatoms. The van der Waals surface area contributed by atoms with Gasteiger partial charge >= 0.3 is 13.1 Å². The summed E-state index contributed by atoms with van der Waals surface area (Å²) in [5, 5.41) is 2.80. The lowest BCUT2D eigenvalue weighted by atomic mass is 9.77. The van der Waals surface area contributed by atoms with Crippen molar-refractivity contribution in [2.24, 2.45) is 0 Å². The predicted molar refractivity (Wildman–Crippen MR) is 95.9 cm³/mol. The average molecular weight is 347 g/mol. The van der Waals surface area contributed by atoms with Crippen LogP contribution in [-0.4, -0.2) is 47.3 Å². The van der Waals surface area contributed by atoms with E-state index in [1.807, 2.05) is 40.7 Å². The summed E-state index contributed by atoms with van der Waals surface area (Å²) in [5.74, 6) is -0.120. The Balaban J connectivity index is 2.25. The summed E-state index contributed by atoms with van der Waals surface area (Å²) in [6.45, 7) is 12.1. The summed E-state index contributed by atoms with van der Waals surface area (Å²) in [7, 11) is -0.552. The van der Waals surface area contributed by atoms with E-state index in [0.29, 0.717) is 19.2 Å². The van der Waals surface area contributed by atoms with Crippen LogP contribution >= 0.6 is 0 Å². The molecule has 0 atom stereocenters. The standard InChI is InChI=1S/C17H26BN3O4/c1-7-23-15-20-9-13(10-21-15)8-14(11-19-12(2)22)18-24-16(3,4)17(5,6)25-18/h8-10H,7,11H2,1-6H3,(H,19,22). The molecule has 136 valence electrons. The molecule has 1 saturated heterocycles. The average Bonchev–Trinajstić information content (AvgIpc) is 2.73. The van der Waals surface area contributed by atoms with E-state index in [1.54, 1.807) is 12.4 Å². The lowest BCUT2D eigenvalue weighted by Gasteiger charge is -2.32. The van der Waals surface area contributed by atoms with Gasteiger partial charge in [-0.15, -0.1) is 0 Å². The smallest absolute Gasteiger partial charge is 0.464 e. The van der Waals surface area contributed by atoms with E-state index in [-0.39, 0.29) is 5.91 Å². The first kappa shape index (κ1) is 19.4. The summed E-state index contributed by atoms with van der Waals surface area (Å²) < 4.78 is 17.4. The van der Waals surface area contributed by atoms with Gasteiger partial charge in [0.05, 0.1) is 17.8 Å². The topological polar surface area (TPSA) is 82.6 Å². The molecule has 0 aliphatic carbocycles. The second-order valence-electron chi connectivity index (χ2n) is 6.95. The van der Waals surface area contributed by atoms with E-state index in [4.69, 9.17) is 14.0 Å². The van der Waals surface area contributed by atoms with Gasteiger partial charge in [0.2, 0.25) is 5.91 Å². The first-order valence-corrected chi connectivity index (χ1v) is 8.40. The fourth-order valence-electron chi connectivity index (χ4n) is 2.24. The highest BCUT2D eigenvalue weighted by Crippen LogP contribution is 2.38. The van der Waals surface area contributed by atoms with Crippen molar-refractivity contribution in [1.82, 2.24) is 15.3 Å². The number of aromatic nitrogens is 2. The number of carbonyl (C=O) groups excluding carboxylic acids is 1. The van der Waals surface area contributed by atoms with Gasteiger partial charge in [-0.3, -0.25) is 4.79 Å². The summed E-state index contributed by atoms with van der Waals surface area (Å²) in [6, 6.07) is 0.332. The van der Waals surface area contributed by atoms with Gasteiger partial charge in [0.15, 0.2) is 0 Å². The van der Waals surface area contributed by atoms with E-state index in [9.17, 15) is 4.79 Å². The normalized spacial score (nSPS) is 19.0. The van der Waals surface area contributed by atoms with Crippen molar-refractivity contribution in [1.29, 1.82) is 0 Å². The molecule has 1 aromatic rings. The third kappa shape index (κ3) is 4.79. The molecule has 25 heavy (non-hydrogen) atoms. The summed E-state index contributed by atoms with van der Waals surface area (Å²) in [5.41, 5.74) is 0.657. The van der Waals surface area contributed by atoms with E-state index < -0.39 is 18.3 Å². The van der Waals surface area contributed by atoms with Crippen molar-refractivity contribution in [3.05, 3.63) is 23.4 Å². The molecular formula is C17H26BN3O4. The third-order valence-corrected chi connectivity index (χ3v) is 4.37. The van der Waals surface area contributed by atoms with Crippen LogP contribution < -0.4 is 10.1 Å². The van der Waals surface area contributed by atoms with Crippen LogP contribution in [0.2, 0.25) is 0 Å². The van der Waals surface area contributed by atoms with Crippen molar-refractivity contribution >= 4 is 19.1 Å². The van der Waals surface area contributed by atoms with Gasteiger partial charge < -0.3 is 19.4 Å². The quantitative estimate of drug-likeness (QED) is 0.793. The van der Waals surface area contributed by atoms with Crippen LogP contribution in [0.4, 0.5) is 0 Å². The number of nitrogens with zero attached hydrogens (tertiary/aromatic N) is 2. The Hall–Kier alpha value is -1.93. The molecule has 0 spiro atoms. The second-order valence-corrected chi connectivity index (χ2v) is 6.95. The van der Waals surface area contributed by atoms with Crippen LogP contribution in [0, 0.1) is 0 Å². The van der Waals surface area contributed by atoms with Crippen LogP contribution in [0.5, 0.6) is 6.01 Å². The van der Waals surface area contributed by atoms with E-state index in [1.165, 1.54) is 6.92 Å². The number of hydrogen-bond acceptors (Lipinski definition) is 6. The molecular weight excluding hydrogens is 321 g/mol. The largest absolute Gasteiger partial charge is 0.492 e. The lowest BCUT2D eigenvalue weighted by molar-refractivity contribution is -0.118. The Kier molecular flexibility index (Phi) is 5.85. The Morgan fingerprint density at radius 2 is 1.80 bits per heavy atom. The minimum Gasteiger partial charge on any atom is -0.464 e. The fourth-order valence-corrected chi connectivity index (χ4v) is 2.24. The van der Waals surface area contributed by atoms with E-state index >= 15 is 0 Å². The zero-order valence-electron chi connectivity index (χ0n) is 15.8. The number of rotatable bonds is 6. The number of amides is 1. The van der Waals surface area contributed by atoms with Crippen LogP contribution in [0.1, 0.15) is 47.1 Å². The molecule has 0 radical (unpaired) electrons. The number of carbonyl (C=O) groups is 1. The van der Waals surface area contributed by atoms with Gasteiger partial charge in [-0.05, 0) is 40.1 Å². The number of hydrogen-bond donors (Lipinski definition) is 1. The van der Waals surface area contributed by atoms with Crippen LogP contribution in [0.3, 0.4) is 0 Å². The molecule has 1 amide bonds. The summed E-state index contributed by atoms with van der Waals surface area (Å²) in [6.07, 6.45) is 5.20. The highest BCUT2D eigenvalue weighted by atomic mass is 16.7. The Morgan fingerprint density at radius 1 is 1.24 bits per heavy atom. The molecule has 2 heterocycles. The van der Waals surface area contributed by atoms with Crippen molar-refractivity contribution in [2.75, 3.05) is 13.2 Å². The van der Waals surface area contributed by atoms with Crippen molar-refractivity contribution in [2.45, 2.75) is 52.7 Å². The summed E-state index contributed by atoms with van der Waals surface area (Å²) in [4.78, 5) is 19.6. The Morgan fingerprint density at radius 3 is 2.28 bits per heavy atom. The first-order chi connectivity index (χ1) is 11.6. The van der Waals surface area contributed by atoms with Crippen molar-refractivity contribution < 1.29 is 18.8 Å². The molecule has 1 aliphatic heterocycles. The minimum absolute atomic E-state index is 0.120. The van der Waals surface area contributed by atoms with E-state index in [2.05, 4.69) is 15.3 Å². The molecule has 1 fully saturated rings. The molecule has 1 aliphatic rings. The number of nitrogens with one attached hydrogen (secondary N) is 1. The maximum absolute atomic E-state index is 11.3. The van der Waals surface area contributed by atoms with Crippen LogP contribution in [-0.2, 0) is 14.1 Å². The molecule has 7 nitrogen and oxygen atoms in total. The van der Waals surface area contributed by atoms with Gasteiger partial charge in [0, 0.05) is 31.4 Å². The monoisotopic (exact) mass is 347 g/mol. The second kappa shape index (κ2) is 7.53. The molecule has 0 saturated carbocycles. The number of ether oxygens (including phenoxy) is 1.